The van der Waals surface area contributed by atoms with Gasteiger partial charge in [0.2, 0.25) is 5.91 Å². The number of fused-ring (bicyclic) bond motifs is 6. The Balaban J connectivity index is 0.851. The lowest BCUT2D eigenvalue weighted by Crippen LogP contribution is -2.50. The third kappa shape index (κ3) is 6.89. The van der Waals surface area contributed by atoms with Crippen LogP contribution in [0.15, 0.2) is 109 Å². The molecular formula is C47H50N2O5. The molecule has 4 aromatic rings. The second-order valence-electron chi connectivity index (χ2n) is 16.4. The summed E-state index contributed by atoms with van der Waals surface area (Å²) in [6.07, 6.45) is 15.9. The second kappa shape index (κ2) is 15.0. The van der Waals surface area contributed by atoms with Gasteiger partial charge in [-0.2, -0.15) is 0 Å². The zero-order valence-electron chi connectivity index (χ0n) is 31.4. The number of benzene rings is 3. The minimum absolute atomic E-state index is 0.0116. The van der Waals surface area contributed by atoms with Crippen molar-refractivity contribution in [3.05, 3.63) is 120 Å². The topological polar surface area (TPSA) is 85.8 Å². The first-order chi connectivity index (χ1) is 26.2. The van der Waals surface area contributed by atoms with Crippen molar-refractivity contribution in [3.63, 3.8) is 0 Å². The van der Waals surface area contributed by atoms with Crippen molar-refractivity contribution >= 4 is 34.7 Å². The maximum atomic E-state index is 13.3. The Labute approximate surface area is 318 Å². The highest BCUT2D eigenvalue weighted by Crippen LogP contribution is 2.66. The molecule has 2 fully saturated rings. The van der Waals surface area contributed by atoms with Gasteiger partial charge in [0.15, 0.2) is 6.73 Å². The number of allylic oxidation sites excluding steroid dienone is 3. The van der Waals surface area contributed by atoms with Gasteiger partial charge in [0, 0.05) is 31.8 Å². The van der Waals surface area contributed by atoms with Crippen LogP contribution in [0.25, 0.3) is 27.5 Å². The first-order valence-corrected chi connectivity index (χ1v) is 19.7. The highest BCUT2D eigenvalue weighted by atomic mass is 16.5. The average Bonchev–Trinajstić information content (AvgIpc) is 3.56. The van der Waals surface area contributed by atoms with E-state index in [1.807, 2.05) is 54.9 Å². The van der Waals surface area contributed by atoms with E-state index in [1.54, 1.807) is 0 Å². The Kier molecular flexibility index (Phi) is 9.99. The van der Waals surface area contributed by atoms with Gasteiger partial charge in [0.05, 0.1) is 6.42 Å². The molecule has 0 aliphatic heterocycles. The van der Waals surface area contributed by atoms with Crippen molar-refractivity contribution in [1.82, 2.24) is 9.88 Å². The van der Waals surface area contributed by atoms with Crippen molar-refractivity contribution in [3.8, 4) is 11.1 Å². The van der Waals surface area contributed by atoms with Crippen LogP contribution in [-0.2, 0) is 30.4 Å². The Bertz CT molecular complexity index is 2090. The van der Waals surface area contributed by atoms with Crippen LogP contribution in [0.4, 0.5) is 0 Å². The van der Waals surface area contributed by atoms with Crippen LogP contribution < -0.4 is 0 Å². The highest BCUT2D eigenvalue weighted by molar-refractivity contribution is 5.87. The summed E-state index contributed by atoms with van der Waals surface area (Å²) in [6, 6.07) is 27.0. The number of hydrogen-bond acceptors (Lipinski definition) is 6. The fraction of sp³-hybridized carbons (Fsp3) is 0.404. The van der Waals surface area contributed by atoms with Crippen LogP contribution >= 0.6 is 0 Å². The zero-order valence-corrected chi connectivity index (χ0v) is 31.4. The third-order valence-electron chi connectivity index (χ3n) is 13.5. The van der Waals surface area contributed by atoms with Crippen LogP contribution in [-0.4, -0.2) is 41.1 Å². The summed E-state index contributed by atoms with van der Waals surface area (Å²) < 4.78 is 11.0. The quantitative estimate of drug-likeness (QED) is 0.0664. The minimum atomic E-state index is -0.351. The molecule has 0 spiro atoms. The van der Waals surface area contributed by atoms with E-state index in [9.17, 15) is 14.4 Å². The number of hydrogen-bond donors (Lipinski definition) is 0. The summed E-state index contributed by atoms with van der Waals surface area (Å²) >= 11 is 0. The second-order valence-corrected chi connectivity index (χ2v) is 16.4. The lowest BCUT2D eigenvalue weighted by atomic mass is 9.47. The number of carbonyl (C=O) groups excluding carboxylic acids is 3. The maximum Gasteiger partial charge on any atom is 0.306 e. The number of amides is 1. The van der Waals surface area contributed by atoms with E-state index in [0.29, 0.717) is 24.2 Å². The molecular weight excluding hydrogens is 673 g/mol. The first-order valence-electron chi connectivity index (χ1n) is 19.7. The first kappa shape index (κ1) is 36.0. The van der Waals surface area contributed by atoms with E-state index < -0.39 is 0 Å². The molecule has 4 aliphatic rings. The Morgan fingerprint density at radius 2 is 1.63 bits per heavy atom. The molecule has 0 unspecified atom stereocenters. The number of carbonyl (C=O) groups is 3. The fourth-order valence-corrected chi connectivity index (χ4v) is 10.6. The molecule has 8 rings (SSSR count). The summed E-state index contributed by atoms with van der Waals surface area (Å²) in [7, 11) is 0. The van der Waals surface area contributed by atoms with Crippen molar-refractivity contribution in [2.45, 2.75) is 84.3 Å². The molecule has 7 nitrogen and oxygen atoms in total. The zero-order chi connectivity index (χ0) is 37.3. The lowest BCUT2D eigenvalue weighted by Gasteiger charge is -2.57. The van der Waals surface area contributed by atoms with E-state index in [-0.39, 0.29) is 54.9 Å². The van der Waals surface area contributed by atoms with Crippen molar-refractivity contribution < 1.29 is 23.9 Å². The number of rotatable bonds is 11. The van der Waals surface area contributed by atoms with Crippen LogP contribution in [0.5, 0.6) is 0 Å². The van der Waals surface area contributed by atoms with Gasteiger partial charge in [0.1, 0.15) is 6.10 Å². The molecule has 0 saturated heterocycles. The number of pyridine rings is 1. The summed E-state index contributed by atoms with van der Waals surface area (Å²) in [6.45, 7) is 5.38. The van der Waals surface area contributed by atoms with Gasteiger partial charge in [-0.1, -0.05) is 98.3 Å². The third-order valence-corrected chi connectivity index (χ3v) is 13.5. The summed E-state index contributed by atoms with van der Waals surface area (Å²) in [5, 5.41) is 2.37. The molecule has 6 atom stereocenters. The van der Waals surface area contributed by atoms with Crippen LogP contribution in [0.3, 0.4) is 0 Å². The summed E-state index contributed by atoms with van der Waals surface area (Å²) in [4.78, 5) is 43.4. The number of nitrogens with zero attached hydrogens (tertiary/aromatic N) is 2. The predicted molar refractivity (Wildman–Crippen MR) is 210 cm³/mol. The molecule has 7 heteroatoms. The van der Waals surface area contributed by atoms with Crippen LogP contribution in [0.2, 0.25) is 0 Å². The van der Waals surface area contributed by atoms with Gasteiger partial charge in [-0.05, 0) is 118 Å². The van der Waals surface area contributed by atoms with Crippen molar-refractivity contribution in [1.29, 1.82) is 0 Å². The molecule has 278 valence electrons. The molecule has 4 aliphatic carbocycles. The summed E-state index contributed by atoms with van der Waals surface area (Å²) in [5.74, 6) is 1.32. The SMILES string of the molecule is C[C@]12CC[C@H](OC(=O)CCC(=O)N(COC=O)Cc3ccc(-c4ccc5ccccc5c4)cc3)CC1=CC[C@@H]1[C@@H]2CC[C@]2(C)C(c3cccnc3)=CC[C@@H]12. The van der Waals surface area contributed by atoms with E-state index in [2.05, 4.69) is 67.4 Å². The van der Waals surface area contributed by atoms with Crippen LogP contribution in [0, 0.1) is 28.6 Å². The molecule has 0 radical (unpaired) electrons. The van der Waals surface area contributed by atoms with E-state index in [4.69, 9.17) is 9.47 Å². The highest BCUT2D eigenvalue weighted by Gasteiger charge is 2.57. The van der Waals surface area contributed by atoms with Gasteiger partial charge >= 0.3 is 5.97 Å². The number of esters is 1. The van der Waals surface area contributed by atoms with E-state index in [1.165, 1.54) is 45.2 Å². The van der Waals surface area contributed by atoms with Gasteiger partial charge in [-0.25, -0.2) is 0 Å². The number of ether oxygens (including phenoxy) is 2. The standard InChI is InChI=1S/C47H50N2O5/c1-46-23-21-39(27-38(46)15-16-40-42-18-17-41(37-8-5-25-48-28-37)47(42,2)24-22-43(40)46)54-45(52)20-19-44(51)49(30-53-31-50)29-32-9-11-34(12-10-32)36-14-13-33-6-3-4-7-35(33)26-36/h3-15,17,25-26,28,31,39-40,42-43H,16,18-24,27,29-30H2,1-2H3/t39-,40-,42-,43-,46-,47+/m0/s1. The molecule has 1 aromatic heterocycles. The van der Waals surface area contributed by atoms with E-state index >= 15 is 0 Å². The Morgan fingerprint density at radius 3 is 2.43 bits per heavy atom. The largest absolute Gasteiger partial charge is 0.462 e. The molecule has 1 amide bonds. The molecule has 54 heavy (non-hydrogen) atoms. The molecule has 0 bridgehead atoms. The average molecular weight is 723 g/mol. The monoisotopic (exact) mass is 722 g/mol. The molecule has 0 N–H and O–H groups in total. The molecule has 2 saturated carbocycles. The normalized spacial score (nSPS) is 27.1. The predicted octanol–water partition coefficient (Wildman–Crippen LogP) is 9.71. The maximum absolute atomic E-state index is 13.3. The Morgan fingerprint density at radius 1 is 0.833 bits per heavy atom. The van der Waals surface area contributed by atoms with Gasteiger partial charge in [-0.3, -0.25) is 19.4 Å². The van der Waals surface area contributed by atoms with Crippen molar-refractivity contribution in [2.24, 2.45) is 28.6 Å². The summed E-state index contributed by atoms with van der Waals surface area (Å²) in [5.41, 5.74) is 7.62. The van der Waals surface area contributed by atoms with Crippen LogP contribution in [0.1, 0.15) is 82.8 Å². The number of aromatic nitrogens is 1. The minimum Gasteiger partial charge on any atom is -0.462 e. The lowest BCUT2D eigenvalue weighted by molar-refractivity contribution is -0.154. The fourth-order valence-electron chi connectivity index (χ4n) is 10.6. The van der Waals surface area contributed by atoms with Gasteiger partial charge < -0.3 is 14.4 Å². The molecule has 1 heterocycles. The Hall–Kier alpha value is -5.04. The van der Waals surface area contributed by atoms with Gasteiger partial charge in [-0.15, -0.1) is 0 Å². The van der Waals surface area contributed by atoms with Gasteiger partial charge in [0.25, 0.3) is 6.47 Å². The molecule has 3 aromatic carbocycles. The van der Waals surface area contributed by atoms with Crippen molar-refractivity contribution in [2.75, 3.05) is 6.73 Å². The smallest absolute Gasteiger partial charge is 0.306 e. The van der Waals surface area contributed by atoms with E-state index in [0.717, 1.165) is 48.8 Å².